The van der Waals surface area contributed by atoms with Crippen LogP contribution in [0.3, 0.4) is 0 Å². The lowest BCUT2D eigenvalue weighted by atomic mass is 10.3. The van der Waals surface area contributed by atoms with Crippen LogP contribution in [0.25, 0.3) is 0 Å². The van der Waals surface area contributed by atoms with Crippen LogP contribution in [0.2, 0.25) is 0 Å². The molecule has 2 N–H and O–H groups in total. The van der Waals surface area contributed by atoms with Crippen molar-refractivity contribution in [2.75, 3.05) is 12.8 Å². The van der Waals surface area contributed by atoms with Gasteiger partial charge in [0.1, 0.15) is 5.75 Å². The van der Waals surface area contributed by atoms with Gasteiger partial charge in [0.25, 0.3) is 0 Å². The van der Waals surface area contributed by atoms with Crippen molar-refractivity contribution in [1.82, 2.24) is 9.97 Å². The molecule has 0 saturated heterocycles. The van der Waals surface area contributed by atoms with Crippen LogP contribution in [-0.2, 0) is 0 Å². The number of rotatable bonds is 3. The summed E-state index contributed by atoms with van der Waals surface area (Å²) in [7, 11) is 1.54. The van der Waals surface area contributed by atoms with Gasteiger partial charge in [0, 0.05) is 18.0 Å². The van der Waals surface area contributed by atoms with Crippen molar-refractivity contribution in [3.63, 3.8) is 0 Å². The van der Waals surface area contributed by atoms with Crippen molar-refractivity contribution in [3.8, 4) is 17.6 Å². The fourth-order valence-electron chi connectivity index (χ4n) is 1.13. The summed E-state index contributed by atoms with van der Waals surface area (Å²) in [6, 6.07) is 8.88. The van der Waals surface area contributed by atoms with Gasteiger partial charge in [-0.15, -0.1) is 0 Å². The Morgan fingerprint density at radius 1 is 1.12 bits per heavy atom. The van der Waals surface area contributed by atoms with Crippen molar-refractivity contribution in [2.24, 2.45) is 0 Å². The molecule has 0 saturated carbocycles. The molecule has 0 atom stereocenters. The molecule has 5 nitrogen and oxygen atoms in total. The van der Waals surface area contributed by atoms with Crippen molar-refractivity contribution in [1.29, 1.82) is 0 Å². The van der Waals surface area contributed by atoms with Crippen LogP contribution in [0.4, 0.5) is 5.69 Å². The summed E-state index contributed by atoms with van der Waals surface area (Å²) in [6.45, 7) is 0. The summed E-state index contributed by atoms with van der Waals surface area (Å²) in [5, 5.41) is 0. The number of hydrogen-bond donors (Lipinski definition) is 1. The summed E-state index contributed by atoms with van der Waals surface area (Å²) < 4.78 is 10.4. The summed E-state index contributed by atoms with van der Waals surface area (Å²) in [5.41, 5.74) is 6.24. The molecule has 0 radical (unpaired) electrons. The molecule has 16 heavy (non-hydrogen) atoms. The van der Waals surface area contributed by atoms with Gasteiger partial charge in [-0.25, -0.2) is 4.98 Å². The van der Waals surface area contributed by atoms with E-state index in [2.05, 4.69) is 9.97 Å². The SMILES string of the molecule is COc1ccnc(Oc2ccc(N)cc2)n1. The maximum Gasteiger partial charge on any atom is 0.325 e. The van der Waals surface area contributed by atoms with E-state index in [9.17, 15) is 0 Å². The standard InChI is InChI=1S/C11H11N3O2/c1-15-10-6-7-13-11(14-10)16-9-4-2-8(12)3-5-9/h2-7H,12H2,1H3. The van der Waals surface area contributed by atoms with Gasteiger partial charge >= 0.3 is 6.01 Å². The van der Waals surface area contributed by atoms with E-state index >= 15 is 0 Å². The van der Waals surface area contributed by atoms with Gasteiger partial charge in [0.05, 0.1) is 7.11 Å². The zero-order valence-corrected chi connectivity index (χ0v) is 8.75. The van der Waals surface area contributed by atoms with Crippen molar-refractivity contribution >= 4 is 5.69 Å². The quantitative estimate of drug-likeness (QED) is 0.794. The highest BCUT2D eigenvalue weighted by molar-refractivity contribution is 5.42. The third-order valence-electron chi connectivity index (χ3n) is 1.91. The van der Waals surface area contributed by atoms with Gasteiger partial charge in [-0.2, -0.15) is 4.98 Å². The minimum Gasteiger partial charge on any atom is -0.481 e. The highest BCUT2D eigenvalue weighted by Crippen LogP contribution is 2.20. The van der Waals surface area contributed by atoms with E-state index in [-0.39, 0.29) is 6.01 Å². The summed E-state index contributed by atoms with van der Waals surface area (Å²) >= 11 is 0. The number of nitrogens with zero attached hydrogens (tertiary/aromatic N) is 2. The van der Waals surface area contributed by atoms with Crippen molar-refractivity contribution in [2.45, 2.75) is 0 Å². The molecule has 0 fully saturated rings. The lowest BCUT2D eigenvalue weighted by Crippen LogP contribution is -1.94. The second-order valence-corrected chi connectivity index (χ2v) is 3.05. The molecule has 2 aromatic rings. The molecule has 0 aliphatic heterocycles. The van der Waals surface area contributed by atoms with E-state index in [1.807, 2.05) is 0 Å². The number of methoxy groups -OCH3 is 1. The fraction of sp³-hybridized carbons (Fsp3) is 0.0909. The first-order valence-electron chi connectivity index (χ1n) is 4.68. The van der Waals surface area contributed by atoms with E-state index < -0.39 is 0 Å². The number of nitrogens with two attached hydrogens (primary N) is 1. The molecule has 1 aromatic heterocycles. The average Bonchev–Trinajstić information content (AvgIpc) is 2.32. The molecule has 0 aliphatic carbocycles. The van der Waals surface area contributed by atoms with Gasteiger partial charge in [-0.3, -0.25) is 0 Å². The summed E-state index contributed by atoms with van der Waals surface area (Å²) in [4.78, 5) is 7.98. The largest absolute Gasteiger partial charge is 0.481 e. The minimum absolute atomic E-state index is 0.240. The Morgan fingerprint density at radius 2 is 1.88 bits per heavy atom. The average molecular weight is 217 g/mol. The van der Waals surface area contributed by atoms with Crippen LogP contribution in [0.5, 0.6) is 17.6 Å². The summed E-state index contributed by atoms with van der Waals surface area (Å²) in [5.74, 6) is 1.09. The predicted octanol–water partition coefficient (Wildman–Crippen LogP) is 1.86. The molecular weight excluding hydrogens is 206 g/mol. The first-order valence-corrected chi connectivity index (χ1v) is 4.68. The van der Waals surface area contributed by atoms with Crippen LogP contribution in [0, 0.1) is 0 Å². The number of hydrogen-bond acceptors (Lipinski definition) is 5. The maximum absolute atomic E-state index is 5.56. The first kappa shape index (κ1) is 10.2. The van der Waals surface area contributed by atoms with E-state index in [1.165, 1.54) is 7.11 Å². The molecular formula is C11H11N3O2. The normalized spacial score (nSPS) is 9.81. The van der Waals surface area contributed by atoms with Gasteiger partial charge in [0.15, 0.2) is 0 Å². The fourth-order valence-corrected chi connectivity index (χ4v) is 1.13. The number of aromatic nitrogens is 2. The summed E-state index contributed by atoms with van der Waals surface area (Å²) in [6.07, 6.45) is 1.57. The highest BCUT2D eigenvalue weighted by Gasteiger charge is 2.01. The van der Waals surface area contributed by atoms with E-state index in [1.54, 1.807) is 36.5 Å². The number of nitrogen functional groups attached to an aromatic ring is 1. The minimum atomic E-state index is 0.240. The number of anilines is 1. The Labute approximate surface area is 92.9 Å². The van der Waals surface area contributed by atoms with Crippen LogP contribution >= 0.6 is 0 Å². The van der Waals surface area contributed by atoms with Crippen LogP contribution in [0.1, 0.15) is 0 Å². The van der Waals surface area contributed by atoms with Gasteiger partial charge < -0.3 is 15.2 Å². The molecule has 0 amide bonds. The Bertz CT molecular complexity index is 471. The Balaban J connectivity index is 2.16. The topological polar surface area (TPSA) is 70.3 Å². The van der Waals surface area contributed by atoms with Gasteiger partial charge in [-0.1, -0.05) is 0 Å². The lowest BCUT2D eigenvalue weighted by Gasteiger charge is -2.04. The zero-order chi connectivity index (χ0) is 11.4. The smallest absolute Gasteiger partial charge is 0.325 e. The Kier molecular flexibility index (Phi) is 2.86. The molecule has 0 bridgehead atoms. The number of benzene rings is 1. The van der Waals surface area contributed by atoms with Crippen molar-refractivity contribution in [3.05, 3.63) is 36.5 Å². The Hall–Kier alpha value is -2.30. The molecule has 2 rings (SSSR count). The third-order valence-corrected chi connectivity index (χ3v) is 1.91. The maximum atomic E-state index is 5.56. The van der Waals surface area contributed by atoms with Crippen LogP contribution in [0.15, 0.2) is 36.5 Å². The van der Waals surface area contributed by atoms with Gasteiger partial charge in [-0.05, 0) is 24.3 Å². The monoisotopic (exact) mass is 217 g/mol. The van der Waals surface area contributed by atoms with E-state index in [4.69, 9.17) is 15.2 Å². The first-order chi connectivity index (χ1) is 7.78. The second-order valence-electron chi connectivity index (χ2n) is 3.05. The molecule has 1 aromatic carbocycles. The van der Waals surface area contributed by atoms with E-state index in [0.29, 0.717) is 17.3 Å². The second kappa shape index (κ2) is 4.48. The molecule has 1 heterocycles. The highest BCUT2D eigenvalue weighted by atomic mass is 16.5. The Morgan fingerprint density at radius 3 is 2.56 bits per heavy atom. The molecule has 0 unspecified atom stereocenters. The van der Waals surface area contributed by atoms with Crippen molar-refractivity contribution < 1.29 is 9.47 Å². The molecule has 82 valence electrons. The third kappa shape index (κ3) is 2.38. The van der Waals surface area contributed by atoms with Crippen LogP contribution in [-0.4, -0.2) is 17.1 Å². The van der Waals surface area contributed by atoms with E-state index in [0.717, 1.165) is 0 Å². The molecule has 0 spiro atoms. The molecule has 5 heteroatoms. The predicted molar refractivity (Wildman–Crippen MR) is 59.5 cm³/mol. The zero-order valence-electron chi connectivity index (χ0n) is 8.75. The number of ether oxygens (including phenoxy) is 2. The van der Waals surface area contributed by atoms with Gasteiger partial charge in [0.2, 0.25) is 5.88 Å². The van der Waals surface area contributed by atoms with Crippen LogP contribution < -0.4 is 15.2 Å². The molecule has 0 aliphatic rings. The lowest BCUT2D eigenvalue weighted by molar-refractivity contribution is 0.376.